The Hall–Kier alpha value is 0.0200. The Labute approximate surface area is 92.8 Å². The van der Waals surface area contributed by atoms with E-state index < -0.39 is 0 Å². The van der Waals surface area contributed by atoms with Crippen LogP contribution in [0.5, 0.6) is 0 Å². The lowest BCUT2D eigenvalue weighted by Crippen LogP contribution is -2.17. The number of aliphatic imine (C=N–C) groups is 1. The molecule has 0 amide bonds. The predicted molar refractivity (Wildman–Crippen MR) is 67.3 cm³/mol. The summed E-state index contributed by atoms with van der Waals surface area (Å²) in [5.41, 5.74) is 0. The van der Waals surface area contributed by atoms with E-state index in [2.05, 4.69) is 20.8 Å². The van der Waals surface area contributed by atoms with E-state index in [0.717, 1.165) is 5.25 Å². The molecule has 0 saturated carbocycles. The largest absolute Gasteiger partial charge is 0.279 e. The van der Waals surface area contributed by atoms with Crippen LogP contribution in [0.3, 0.4) is 0 Å². The molecule has 0 N–H and O–H groups in total. The topological polar surface area (TPSA) is 12.4 Å². The Kier molecular flexibility index (Phi) is 5.61. The Morgan fingerprint density at radius 1 is 1.14 bits per heavy atom. The molecule has 0 aromatic heterocycles. The zero-order chi connectivity index (χ0) is 10.4. The highest BCUT2D eigenvalue weighted by molar-refractivity contribution is 8.14. The van der Waals surface area contributed by atoms with Crippen LogP contribution >= 0.6 is 11.8 Å². The van der Waals surface area contributed by atoms with Crippen LogP contribution in [0.2, 0.25) is 0 Å². The van der Waals surface area contributed by atoms with Gasteiger partial charge in [0.25, 0.3) is 0 Å². The van der Waals surface area contributed by atoms with Crippen molar-refractivity contribution in [3.8, 4) is 0 Å². The summed E-state index contributed by atoms with van der Waals surface area (Å²) in [5, 5.41) is 2.11. The lowest BCUT2D eigenvalue weighted by Gasteiger charge is -2.16. The Morgan fingerprint density at radius 2 is 1.79 bits per heavy atom. The molecule has 0 aromatic rings. The van der Waals surface area contributed by atoms with E-state index in [1.54, 1.807) is 0 Å². The van der Waals surface area contributed by atoms with Gasteiger partial charge >= 0.3 is 0 Å². The zero-order valence-corrected chi connectivity index (χ0v) is 10.6. The zero-order valence-electron chi connectivity index (χ0n) is 9.75. The Morgan fingerprint density at radius 3 is 2.43 bits per heavy atom. The molecule has 0 saturated heterocycles. The fourth-order valence-corrected chi connectivity index (χ4v) is 3.24. The molecule has 1 heterocycles. The fraction of sp³-hybridized carbons (Fsp3) is 0.917. The van der Waals surface area contributed by atoms with Gasteiger partial charge in [0.15, 0.2) is 0 Å². The van der Waals surface area contributed by atoms with Gasteiger partial charge in [-0.15, -0.1) is 11.8 Å². The minimum atomic E-state index is 0.631. The number of hydrogen-bond donors (Lipinski definition) is 0. The second kappa shape index (κ2) is 6.49. The fourth-order valence-electron chi connectivity index (χ4n) is 1.97. The maximum absolute atomic E-state index is 4.74. The molecule has 82 valence electrons. The van der Waals surface area contributed by atoms with Gasteiger partial charge in [0.1, 0.15) is 0 Å². The average molecular weight is 213 g/mol. The molecule has 0 aliphatic carbocycles. The van der Waals surface area contributed by atoms with Crippen LogP contribution in [0.4, 0.5) is 0 Å². The first kappa shape index (κ1) is 12.1. The maximum atomic E-state index is 4.74. The highest BCUT2D eigenvalue weighted by Crippen LogP contribution is 2.33. The average Bonchev–Trinajstić information content (AvgIpc) is 2.52. The predicted octanol–water partition coefficient (Wildman–Crippen LogP) is 4.27. The van der Waals surface area contributed by atoms with Crippen LogP contribution in [0.15, 0.2) is 4.99 Å². The van der Waals surface area contributed by atoms with Crippen molar-refractivity contribution in [2.45, 2.75) is 70.6 Å². The smallest absolute Gasteiger partial charge is 0.0652 e. The quantitative estimate of drug-likeness (QED) is 0.642. The second-order valence-electron chi connectivity index (χ2n) is 4.16. The van der Waals surface area contributed by atoms with Gasteiger partial charge in [0.2, 0.25) is 0 Å². The van der Waals surface area contributed by atoms with Gasteiger partial charge in [-0.2, -0.15) is 0 Å². The molecule has 1 rings (SSSR count). The summed E-state index contributed by atoms with van der Waals surface area (Å²) in [6.07, 6.45) is 7.98. The van der Waals surface area contributed by atoms with Crippen molar-refractivity contribution in [2.24, 2.45) is 4.99 Å². The molecule has 14 heavy (non-hydrogen) atoms. The van der Waals surface area contributed by atoms with E-state index in [-0.39, 0.29) is 0 Å². The van der Waals surface area contributed by atoms with E-state index in [4.69, 9.17) is 4.99 Å². The summed E-state index contributed by atoms with van der Waals surface area (Å²) in [4.78, 5) is 4.74. The molecule has 1 nitrogen and oxygen atoms in total. The van der Waals surface area contributed by atoms with E-state index in [1.165, 1.54) is 43.6 Å². The van der Waals surface area contributed by atoms with Crippen molar-refractivity contribution in [3.05, 3.63) is 0 Å². The molecular formula is C12H23NS. The monoisotopic (exact) mass is 213 g/mol. The number of nitrogens with zero attached hydrogens (tertiary/aromatic N) is 1. The van der Waals surface area contributed by atoms with Gasteiger partial charge in [-0.1, -0.05) is 39.5 Å². The lowest BCUT2D eigenvalue weighted by molar-refractivity contribution is 0.532. The molecule has 2 atom stereocenters. The van der Waals surface area contributed by atoms with E-state index in [9.17, 15) is 0 Å². The summed E-state index contributed by atoms with van der Waals surface area (Å²) in [6, 6.07) is 0.631. The van der Waals surface area contributed by atoms with Crippen LogP contribution in [0.1, 0.15) is 59.3 Å². The molecule has 1 aliphatic rings. The SMILES string of the molecule is CCCC[C@H]1N=C(C)S[C@@H]1CCCC. The van der Waals surface area contributed by atoms with E-state index in [1.807, 2.05) is 11.8 Å². The molecule has 2 heteroatoms. The first-order chi connectivity index (χ1) is 6.77. The van der Waals surface area contributed by atoms with Gasteiger partial charge < -0.3 is 0 Å². The highest BCUT2D eigenvalue weighted by Gasteiger charge is 2.26. The molecule has 0 fully saturated rings. The van der Waals surface area contributed by atoms with E-state index in [0.29, 0.717) is 6.04 Å². The van der Waals surface area contributed by atoms with Crippen molar-refractivity contribution < 1.29 is 0 Å². The van der Waals surface area contributed by atoms with Gasteiger partial charge in [0.05, 0.1) is 11.1 Å². The van der Waals surface area contributed by atoms with Crippen molar-refractivity contribution in [2.75, 3.05) is 0 Å². The first-order valence-electron chi connectivity index (χ1n) is 5.99. The molecule has 0 spiro atoms. The summed E-state index contributed by atoms with van der Waals surface area (Å²) < 4.78 is 0. The second-order valence-corrected chi connectivity index (χ2v) is 5.59. The maximum Gasteiger partial charge on any atom is 0.0652 e. The molecular weight excluding hydrogens is 190 g/mol. The van der Waals surface area contributed by atoms with Gasteiger partial charge in [-0.25, -0.2) is 0 Å². The Balaban J connectivity index is 2.34. The molecule has 0 bridgehead atoms. The lowest BCUT2D eigenvalue weighted by atomic mass is 10.0. The van der Waals surface area contributed by atoms with Crippen LogP contribution < -0.4 is 0 Å². The first-order valence-corrected chi connectivity index (χ1v) is 6.87. The Bertz CT molecular complexity index is 189. The third-order valence-electron chi connectivity index (χ3n) is 2.79. The summed E-state index contributed by atoms with van der Waals surface area (Å²) in [5.74, 6) is 0. The normalized spacial score (nSPS) is 26.6. The molecule has 0 aromatic carbocycles. The van der Waals surface area contributed by atoms with Crippen LogP contribution in [0.25, 0.3) is 0 Å². The van der Waals surface area contributed by atoms with Crippen molar-refractivity contribution in [3.63, 3.8) is 0 Å². The van der Waals surface area contributed by atoms with E-state index >= 15 is 0 Å². The minimum Gasteiger partial charge on any atom is -0.279 e. The molecule has 0 unspecified atom stereocenters. The number of unbranched alkanes of at least 4 members (excludes halogenated alkanes) is 2. The van der Waals surface area contributed by atoms with Crippen LogP contribution in [-0.4, -0.2) is 16.3 Å². The van der Waals surface area contributed by atoms with Crippen LogP contribution in [0, 0.1) is 0 Å². The molecule has 1 aliphatic heterocycles. The van der Waals surface area contributed by atoms with Crippen molar-refractivity contribution in [1.82, 2.24) is 0 Å². The summed E-state index contributed by atoms with van der Waals surface area (Å²) in [6.45, 7) is 6.70. The summed E-state index contributed by atoms with van der Waals surface area (Å²) in [7, 11) is 0. The van der Waals surface area contributed by atoms with Crippen molar-refractivity contribution >= 4 is 16.8 Å². The number of rotatable bonds is 6. The van der Waals surface area contributed by atoms with Gasteiger partial charge in [-0.3, -0.25) is 4.99 Å². The van der Waals surface area contributed by atoms with Gasteiger partial charge in [0, 0.05) is 5.25 Å². The summed E-state index contributed by atoms with van der Waals surface area (Å²) >= 11 is 2.01. The number of thioether (sulfide) groups is 1. The standard InChI is InChI=1S/C12H23NS/c1-4-6-8-11-12(9-7-5-2)14-10(3)13-11/h11-12H,4-9H2,1-3H3/t11-,12-/m1/s1. The van der Waals surface area contributed by atoms with Crippen molar-refractivity contribution in [1.29, 1.82) is 0 Å². The van der Waals surface area contributed by atoms with Gasteiger partial charge in [-0.05, 0) is 19.8 Å². The third kappa shape index (κ3) is 3.64. The molecule has 0 radical (unpaired) electrons. The third-order valence-corrected chi connectivity index (χ3v) is 4.09. The number of hydrogen-bond acceptors (Lipinski definition) is 2. The van der Waals surface area contributed by atoms with Crippen LogP contribution in [-0.2, 0) is 0 Å². The highest BCUT2D eigenvalue weighted by atomic mass is 32.2. The minimum absolute atomic E-state index is 0.631.